The normalized spacial score (nSPS) is 21.1. The molecule has 0 bridgehead atoms. The summed E-state index contributed by atoms with van der Waals surface area (Å²) in [6.07, 6.45) is 6.69. The van der Waals surface area contributed by atoms with E-state index in [1.807, 2.05) is 30.9 Å². The van der Waals surface area contributed by atoms with Gasteiger partial charge in [-0.3, -0.25) is 0 Å². The van der Waals surface area contributed by atoms with Gasteiger partial charge in [0, 0.05) is 37.9 Å². The largest absolute Gasteiger partial charge is 0.475 e. The number of amides is 2. The van der Waals surface area contributed by atoms with Crippen molar-refractivity contribution < 1.29 is 9.53 Å². The van der Waals surface area contributed by atoms with Crippen LogP contribution in [-0.4, -0.2) is 59.1 Å². The molecule has 6 nitrogen and oxygen atoms in total. The van der Waals surface area contributed by atoms with Gasteiger partial charge < -0.3 is 19.9 Å². The predicted molar refractivity (Wildman–Crippen MR) is 97.6 cm³/mol. The highest BCUT2D eigenvalue weighted by molar-refractivity contribution is 5.74. The van der Waals surface area contributed by atoms with Crippen molar-refractivity contribution in [2.24, 2.45) is 0 Å². The van der Waals surface area contributed by atoms with Crippen molar-refractivity contribution in [3.8, 4) is 5.88 Å². The molecule has 1 N–H and O–H groups in total. The van der Waals surface area contributed by atoms with Crippen LogP contribution < -0.4 is 10.1 Å². The van der Waals surface area contributed by atoms with Crippen LogP contribution in [-0.2, 0) is 6.54 Å². The van der Waals surface area contributed by atoms with E-state index in [0.29, 0.717) is 18.5 Å². The van der Waals surface area contributed by atoms with Gasteiger partial charge in [0.05, 0.1) is 6.10 Å². The molecule has 0 aromatic carbocycles. The molecule has 1 aromatic heterocycles. The number of hydrogen-bond acceptors (Lipinski definition) is 4. The third kappa shape index (κ3) is 5.08. The molecule has 0 unspecified atom stereocenters. The summed E-state index contributed by atoms with van der Waals surface area (Å²) in [5.41, 5.74) is 0.986. The zero-order valence-corrected chi connectivity index (χ0v) is 15.4. The first-order valence-corrected chi connectivity index (χ1v) is 9.50. The number of nitrogens with zero attached hydrogens (tertiary/aromatic N) is 3. The van der Waals surface area contributed by atoms with Gasteiger partial charge in [-0.25, -0.2) is 9.78 Å². The molecule has 3 heterocycles. The minimum atomic E-state index is 0.0456. The highest BCUT2D eigenvalue weighted by Crippen LogP contribution is 2.20. The van der Waals surface area contributed by atoms with Crippen LogP contribution in [0.1, 0.15) is 45.1 Å². The van der Waals surface area contributed by atoms with Crippen LogP contribution in [0, 0.1) is 0 Å². The summed E-state index contributed by atoms with van der Waals surface area (Å²) in [6.45, 7) is 8.71. The lowest BCUT2D eigenvalue weighted by atomic mass is 10.2. The van der Waals surface area contributed by atoms with Crippen LogP contribution in [0.25, 0.3) is 0 Å². The maximum Gasteiger partial charge on any atom is 0.317 e. The molecule has 1 atom stereocenters. The number of urea groups is 1. The van der Waals surface area contributed by atoms with Crippen molar-refractivity contribution in [3.05, 3.63) is 23.9 Å². The number of hydrogen-bond donors (Lipinski definition) is 1. The van der Waals surface area contributed by atoms with E-state index in [0.717, 1.165) is 31.5 Å². The average molecular weight is 346 g/mol. The molecular formula is C19H30N4O2. The Morgan fingerprint density at radius 2 is 2.08 bits per heavy atom. The summed E-state index contributed by atoms with van der Waals surface area (Å²) in [4.78, 5) is 21.4. The minimum absolute atomic E-state index is 0.0456. The molecule has 0 aliphatic carbocycles. The number of ether oxygens (including phenoxy) is 1. The summed E-state index contributed by atoms with van der Waals surface area (Å²) in [7, 11) is 0. The quantitative estimate of drug-likeness (QED) is 0.860. The molecule has 0 saturated carbocycles. The second kappa shape index (κ2) is 8.52. The molecule has 2 amide bonds. The average Bonchev–Trinajstić information content (AvgIpc) is 3.26. The van der Waals surface area contributed by atoms with E-state index < -0.39 is 0 Å². The van der Waals surface area contributed by atoms with Crippen LogP contribution in [0.2, 0.25) is 0 Å². The van der Waals surface area contributed by atoms with Gasteiger partial charge in [0.1, 0.15) is 0 Å². The zero-order valence-electron chi connectivity index (χ0n) is 15.4. The third-order valence-corrected chi connectivity index (χ3v) is 4.90. The Morgan fingerprint density at radius 1 is 1.28 bits per heavy atom. The van der Waals surface area contributed by atoms with Crippen LogP contribution in [0.3, 0.4) is 0 Å². The van der Waals surface area contributed by atoms with Crippen molar-refractivity contribution in [2.45, 2.75) is 58.2 Å². The topological polar surface area (TPSA) is 57.7 Å². The fraction of sp³-hybridized carbons (Fsp3) is 0.684. The maximum absolute atomic E-state index is 12.6. The smallest absolute Gasteiger partial charge is 0.317 e. The van der Waals surface area contributed by atoms with E-state index in [-0.39, 0.29) is 12.1 Å². The van der Waals surface area contributed by atoms with E-state index in [1.165, 1.54) is 25.9 Å². The molecule has 138 valence electrons. The summed E-state index contributed by atoms with van der Waals surface area (Å²) in [5.74, 6) is 0.621. The van der Waals surface area contributed by atoms with Gasteiger partial charge in [-0.05, 0) is 58.2 Å². The molecule has 2 fully saturated rings. The van der Waals surface area contributed by atoms with Gasteiger partial charge in [0.2, 0.25) is 5.88 Å². The van der Waals surface area contributed by atoms with Gasteiger partial charge in [0.25, 0.3) is 0 Å². The molecule has 0 spiro atoms. The van der Waals surface area contributed by atoms with Crippen molar-refractivity contribution in [1.29, 1.82) is 0 Å². The predicted octanol–water partition coefficient (Wildman–Crippen LogP) is 2.64. The molecule has 1 aromatic rings. The van der Waals surface area contributed by atoms with E-state index in [9.17, 15) is 4.79 Å². The Labute approximate surface area is 150 Å². The third-order valence-electron chi connectivity index (χ3n) is 4.90. The molecule has 0 radical (unpaired) electrons. The van der Waals surface area contributed by atoms with E-state index in [1.54, 1.807) is 6.20 Å². The van der Waals surface area contributed by atoms with Gasteiger partial charge >= 0.3 is 6.03 Å². The summed E-state index contributed by atoms with van der Waals surface area (Å²) < 4.78 is 5.54. The lowest BCUT2D eigenvalue weighted by molar-refractivity contribution is 0.174. The second-order valence-electron chi connectivity index (χ2n) is 7.33. The van der Waals surface area contributed by atoms with Crippen molar-refractivity contribution >= 4 is 6.03 Å². The molecule has 3 rings (SSSR count). The number of nitrogens with one attached hydrogen (secondary N) is 1. The van der Waals surface area contributed by atoms with E-state index in [2.05, 4.69) is 15.2 Å². The molecule has 2 aliphatic heterocycles. The van der Waals surface area contributed by atoms with Crippen LogP contribution >= 0.6 is 0 Å². The lowest BCUT2D eigenvalue weighted by Crippen LogP contribution is -2.46. The summed E-state index contributed by atoms with van der Waals surface area (Å²) in [5, 5.41) is 3.04. The Kier molecular flexibility index (Phi) is 6.13. The van der Waals surface area contributed by atoms with Gasteiger partial charge in [0.15, 0.2) is 0 Å². The molecule has 25 heavy (non-hydrogen) atoms. The maximum atomic E-state index is 12.6. The van der Waals surface area contributed by atoms with Crippen LogP contribution in [0.4, 0.5) is 4.79 Å². The Balaban J connectivity index is 1.47. The Morgan fingerprint density at radius 3 is 2.76 bits per heavy atom. The number of likely N-dealkylation sites (tertiary alicyclic amines) is 2. The first-order chi connectivity index (χ1) is 12.1. The van der Waals surface area contributed by atoms with E-state index >= 15 is 0 Å². The monoisotopic (exact) mass is 346 g/mol. The first kappa shape index (κ1) is 18.0. The Hall–Kier alpha value is -1.82. The summed E-state index contributed by atoms with van der Waals surface area (Å²) in [6, 6.07) is 4.21. The summed E-state index contributed by atoms with van der Waals surface area (Å²) >= 11 is 0. The Bertz CT molecular complexity index is 555. The van der Waals surface area contributed by atoms with Gasteiger partial charge in [-0.1, -0.05) is 6.07 Å². The SMILES string of the molecule is CC(C)Oc1ccc(CNC(=O)N2CCC[C@@H]2CN2CCCC2)cn1. The van der Waals surface area contributed by atoms with Gasteiger partial charge in [-0.2, -0.15) is 0 Å². The molecule has 2 saturated heterocycles. The highest BCUT2D eigenvalue weighted by atomic mass is 16.5. The molecule has 2 aliphatic rings. The van der Waals surface area contributed by atoms with Crippen molar-refractivity contribution in [2.75, 3.05) is 26.2 Å². The number of carbonyl (C=O) groups excluding carboxylic acids is 1. The number of pyridine rings is 1. The molecule has 6 heteroatoms. The van der Waals surface area contributed by atoms with Crippen LogP contribution in [0.15, 0.2) is 18.3 Å². The lowest BCUT2D eigenvalue weighted by Gasteiger charge is -2.28. The van der Waals surface area contributed by atoms with Crippen molar-refractivity contribution in [3.63, 3.8) is 0 Å². The standard InChI is InChI=1S/C19H30N4O2/c1-15(2)25-18-8-7-16(12-20-18)13-21-19(24)23-11-5-6-17(23)14-22-9-3-4-10-22/h7-8,12,15,17H,3-6,9-11,13-14H2,1-2H3,(H,21,24)/t17-/m1/s1. The highest BCUT2D eigenvalue weighted by Gasteiger charge is 2.30. The fourth-order valence-electron chi connectivity index (χ4n) is 3.66. The van der Waals surface area contributed by atoms with Gasteiger partial charge in [-0.15, -0.1) is 0 Å². The van der Waals surface area contributed by atoms with E-state index in [4.69, 9.17) is 4.74 Å². The zero-order chi connectivity index (χ0) is 17.6. The van der Waals surface area contributed by atoms with Crippen molar-refractivity contribution in [1.82, 2.24) is 20.1 Å². The number of aromatic nitrogens is 1. The molecular weight excluding hydrogens is 316 g/mol. The number of carbonyl (C=O) groups is 1. The fourth-order valence-corrected chi connectivity index (χ4v) is 3.66. The second-order valence-corrected chi connectivity index (χ2v) is 7.33. The number of rotatable bonds is 6. The van der Waals surface area contributed by atoms with Crippen LogP contribution in [0.5, 0.6) is 5.88 Å². The first-order valence-electron chi connectivity index (χ1n) is 9.50. The minimum Gasteiger partial charge on any atom is -0.475 e.